The predicted octanol–water partition coefficient (Wildman–Crippen LogP) is 1.87. The average molecular weight is 262 g/mol. The van der Waals surface area contributed by atoms with E-state index in [0.29, 0.717) is 5.92 Å². The lowest BCUT2D eigenvalue weighted by atomic mass is 10.0. The van der Waals surface area contributed by atoms with E-state index in [0.717, 1.165) is 24.3 Å². The largest absolute Gasteiger partial charge is 0.497 e. The summed E-state index contributed by atoms with van der Waals surface area (Å²) in [6.45, 7) is 5.03. The maximum absolute atomic E-state index is 12.2. The van der Waals surface area contributed by atoms with Crippen LogP contribution in [0.3, 0.4) is 0 Å². The molecule has 1 aromatic rings. The van der Waals surface area contributed by atoms with Gasteiger partial charge in [-0.05, 0) is 43.5 Å². The van der Waals surface area contributed by atoms with Crippen molar-refractivity contribution >= 4 is 5.91 Å². The maximum Gasteiger partial charge on any atom is 0.237 e. The average Bonchev–Trinajstić information content (AvgIpc) is 2.85. The fourth-order valence-corrected chi connectivity index (χ4v) is 2.48. The molecule has 0 saturated carbocycles. The molecule has 2 rings (SSSR count). The van der Waals surface area contributed by atoms with Crippen molar-refractivity contribution < 1.29 is 9.53 Å². The highest BCUT2D eigenvalue weighted by Gasteiger charge is 2.29. The van der Waals surface area contributed by atoms with Crippen molar-refractivity contribution in [3.8, 4) is 5.75 Å². The molecule has 1 saturated heterocycles. The van der Waals surface area contributed by atoms with Gasteiger partial charge < -0.3 is 15.4 Å². The lowest BCUT2D eigenvalue weighted by Crippen LogP contribution is -2.44. The number of carbonyl (C=O) groups excluding carboxylic acids is 1. The van der Waals surface area contributed by atoms with Gasteiger partial charge in [-0.15, -0.1) is 0 Å². The Morgan fingerprint density at radius 1 is 1.53 bits per heavy atom. The molecule has 1 amide bonds. The molecule has 2 N–H and O–H groups in total. The van der Waals surface area contributed by atoms with Gasteiger partial charge in [-0.3, -0.25) is 4.79 Å². The Bertz CT molecular complexity index is 448. The Morgan fingerprint density at radius 3 is 2.95 bits per heavy atom. The molecule has 1 aliphatic rings. The number of benzene rings is 1. The van der Waals surface area contributed by atoms with Crippen LogP contribution in [0.2, 0.25) is 0 Å². The Balaban J connectivity index is 1.99. The van der Waals surface area contributed by atoms with Crippen LogP contribution in [0.25, 0.3) is 0 Å². The van der Waals surface area contributed by atoms with Gasteiger partial charge in [0, 0.05) is 0 Å². The third-order valence-electron chi connectivity index (χ3n) is 3.77. The molecule has 4 heteroatoms. The van der Waals surface area contributed by atoms with E-state index in [2.05, 4.69) is 17.6 Å². The first-order valence-corrected chi connectivity index (χ1v) is 6.79. The summed E-state index contributed by atoms with van der Waals surface area (Å²) < 4.78 is 5.20. The minimum Gasteiger partial charge on any atom is -0.497 e. The zero-order chi connectivity index (χ0) is 13.8. The minimum atomic E-state index is -0.0620. The van der Waals surface area contributed by atoms with Gasteiger partial charge in [0.15, 0.2) is 0 Å². The van der Waals surface area contributed by atoms with Crippen molar-refractivity contribution in [2.24, 2.45) is 5.92 Å². The molecular formula is C15H22N2O2. The highest BCUT2D eigenvalue weighted by molar-refractivity contribution is 5.82. The van der Waals surface area contributed by atoms with Crippen molar-refractivity contribution in [3.05, 3.63) is 29.8 Å². The summed E-state index contributed by atoms with van der Waals surface area (Å²) in [7, 11) is 1.65. The number of hydrogen-bond donors (Lipinski definition) is 2. The summed E-state index contributed by atoms with van der Waals surface area (Å²) in [6, 6.07) is 7.71. The lowest BCUT2D eigenvalue weighted by Gasteiger charge is -2.20. The van der Waals surface area contributed by atoms with Crippen molar-refractivity contribution in [2.75, 3.05) is 13.7 Å². The van der Waals surface area contributed by atoms with Crippen LogP contribution in [0.5, 0.6) is 5.75 Å². The van der Waals surface area contributed by atoms with Crippen molar-refractivity contribution in [1.82, 2.24) is 10.6 Å². The predicted molar refractivity (Wildman–Crippen MR) is 75.1 cm³/mol. The van der Waals surface area contributed by atoms with Crippen molar-refractivity contribution in [3.63, 3.8) is 0 Å². The van der Waals surface area contributed by atoms with Gasteiger partial charge in [0.05, 0.1) is 19.2 Å². The summed E-state index contributed by atoms with van der Waals surface area (Å²) in [5.74, 6) is 1.30. The zero-order valence-corrected chi connectivity index (χ0v) is 11.8. The standard InChI is InChI=1S/C15H22N2O2/c1-10-7-8-16-14(10)15(18)17-11(2)12-5-4-6-13(9-12)19-3/h4-6,9-11,14,16H,7-8H2,1-3H3,(H,17,18)/t10?,11-,14?/m0/s1. The number of rotatable bonds is 4. The van der Waals surface area contributed by atoms with Crippen molar-refractivity contribution in [1.29, 1.82) is 0 Å². The number of amides is 1. The van der Waals surface area contributed by atoms with Gasteiger partial charge in [0.2, 0.25) is 5.91 Å². The van der Waals surface area contributed by atoms with Crippen LogP contribution in [0, 0.1) is 5.92 Å². The monoisotopic (exact) mass is 262 g/mol. The third-order valence-corrected chi connectivity index (χ3v) is 3.77. The van der Waals surface area contributed by atoms with Crippen LogP contribution < -0.4 is 15.4 Å². The summed E-state index contributed by atoms with van der Waals surface area (Å²) in [4.78, 5) is 12.2. The minimum absolute atomic E-state index is 0.0165. The Labute approximate surface area is 114 Å². The maximum atomic E-state index is 12.2. The normalized spacial score (nSPS) is 23.9. The number of hydrogen-bond acceptors (Lipinski definition) is 3. The van der Waals surface area contributed by atoms with E-state index in [-0.39, 0.29) is 18.0 Å². The highest BCUT2D eigenvalue weighted by atomic mass is 16.5. The van der Waals surface area contributed by atoms with Gasteiger partial charge >= 0.3 is 0 Å². The second kappa shape index (κ2) is 6.06. The molecule has 1 aliphatic heterocycles. The van der Waals surface area contributed by atoms with E-state index in [1.54, 1.807) is 7.11 Å². The second-order valence-electron chi connectivity index (χ2n) is 5.20. The second-order valence-corrected chi connectivity index (χ2v) is 5.20. The van der Waals surface area contributed by atoms with E-state index in [1.807, 2.05) is 31.2 Å². The first-order valence-electron chi connectivity index (χ1n) is 6.79. The molecule has 0 radical (unpaired) electrons. The van der Waals surface area contributed by atoms with Gasteiger partial charge in [-0.1, -0.05) is 19.1 Å². The number of ether oxygens (including phenoxy) is 1. The molecule has 1 heterocycles. The third kappa shape index (κ3) is 3.26. The van der Waals surface area contributed by atoms with E-state index >= 15 is 0 Å². The van der Waals surface area contributed by atoms with Gasteiger partial charge in [0.1, 0.15) is 5.75 Å². The Kier molecular flexibility index (Phi) is 4.43. The molecule has 4 nitrogen and oxygen atoms in total. The molecule has 19 heavy (non-hydrogen) atoms. The Hall–Kier alpha value is -1.55. The quantitative estimate of drug-likeness (QED) is 0.871. The SMILES string of the molecule is COc1cccc([C@H](C)NC(=O)C2NCCC2C)c1. The van der Waals surface area contributed by atoms with Gasteiger partial charge in [-0.2, -0.15) is 0 Å². The molecule has 104 valence electrons. The summed E-state index contributed by atoms with van der Waals surface area (Å²) in [5, 5.41) is 6.31. The molecule has 0 aromatic heterocycles. The van der Waals surface area contributed by atoms with Gasteiger partial charge in [0.25, 0.3) is 0 Å². The number of carbonyl (C=O) groups is 1. The van der Waals surface area contributed by atoms with E-state index in [4.69, 9.17) is 4.74 Å². The first kappa shape index (κ1) is 13.9. The zero-order valence-electron chi connectivity index (χ0n) is 11.8. The summed E-state index contributed by atoms with van der Waals surface area (Å²) >= 11 is 0. The van der Waals surface area contributed by atoms with Gasteiger partial charge in [-0.25, -0.2) is 0 Å². The van der Waals surface area contributed by atoms with E-state index in [1.165, 1.54) is 0 Å². The van der Waals surface area contributed by atoms with Crippen molar-refractivity contribution in [2.45, 2.75) is 32.4 Å². The van der Waals surface area contributed by atoms with E-state index in [9.17, 15) is 4.79 Å². The molecule has 1 fully saturated rings. The molecule has 1 aromatic carbocycles. The number of methoxy groups -OCH3 is 1. The highest BCUT2D eigenvalue weighted by Crippen LogP contribution is 2.20. The fraction of sp³-hybridized carbons (Fsp3) is 0.533. The topological polar surface area (TPSA) is 50.4 Å². The van der Waals surface area contributed by atoms with Crippen LogP contribution >= 0.6 is 0 Å². The molecule has 3 atom stereocenters. The molecule has 0 bridgehead atoms. The molecule has 0 spiro atoms. The summed E-state index contributed by atoms with van der Waals surface area (Å²) in [5.41, 5.74) is 1.05. The van der Waals surface area contributed by atoms with Crippen LogP contribution in [0.1, 0.15) is 31.9 Å². The molecule has 2 unspecified atom stereocenters. The number of nitrogens with one attached hydrogen (secondary N) is 2. The first-order chi connectivity index (χ1) is 9.11. The smallest absolute Gasteiger partial charge is 0.237 e. The molecular weight excluding hydrogens is 240 g/mol. The molecule has 0 aliphatic carbocycles. The van der Waals surface area contributed by atoms with Crippen LogP contribution in [-0.4, -0.2) is 25.6 Å². The summed E-state index contributed by atoms with van der Waals surface area (Å²) in [6.07, 6.45) is 1.06. The lowest BCUT2D eigenvalue weighted by molar-refractivity contribution is -0.124. The van der Waals surface area contributed by atoms with E-state index < -0.39 is 0 Å². The Morgan fingerprint density at radius 2 is 2.32 bits per heavy atom. The van der Waals surface area contributed by atoms with Crippen LogP contribution in [-0.2, 0) is 4.79 Å². The van der Waals surface area contributed by atoms with Crippen LogP contribution in [0.15, 0.2) is 24.3 Å². The fourth-order valence-electron chi connectivity index (χ4n) is 2.48. The van der Waals surface area contributed by atoms with Crippen LogP contribution in [0.4, 0.5) is 0 Å².